The zero-order valence-electron chi connectivity index (χ0n) is 17.3. The molecule has 0 fully saturated rings. The van der Waals surface area contributed by atoms with E-state index in [2.05, 4.69) is 16.2 Å². The summed E-state index contributed by atoms with van der Waals surface area (Å²) in [5, 5.41) is 2.79. The van der Waals surface area contributed by atoms with Crippen LogP contribution in [0.15, 0.2) is 72.8 Å². The highest BCUT2D eigenvalue weighted by atomic mass is 16.5. The quantitative estimate of drug-likeness (QED) is 0.533. The highest BCUT2D eigenvalue weighted by molar-refractivity contribution is 6.05. The Bertz CT molecular complexity index is 1090. The number of carbonyl (C=O) groups is 3. The molecule has 3 N–H and O–H groups in total. The van der Waals surface area contributed by atoms with E-state index in [4.69, 9.17) is 4.74 Å². The van der Waals surface area contributed by atoms with Gasteiger partial charge in [-0.2, -0.15) is 0 Å². The molecule has 3 aromatic rings. The summed E-state index contributed by atoms with van der Waals surface area (Å²) in [6.45, 7) is 4.26. The molecule has 3 rings (SSSR count). The fourth-order valence-corrected chi connectivity index (χ4v) is 2.85. The molecule has 0 unspecified atom stereocenters. The number of benzene rings is 3. The number of hydrazine groups is 1. The van der Waals surface area contributed by atoms with E-state index < -0.39 is 11.8 Å². The van der Waals surface area contributed by atoms with Gasteiger partial charge in [0.2, 0.25) is 0 Å². The van der Waals surface area contributed by atoms with Crippen molar-refractivity contribution in [2.75, 3.05) is 11.9 Å². The summed E-state index contributed by atoms with van der Waals surface area (Å²) >= 11 is 0. The minimum absolute atomic E-state index is 0.234. The van der Waals surface area contributed by atoms with Gasteiger partial charge < -0.3 is 10.1 Å². The number of nitrogens with one attached hydrogen (secondary N) is 3. The number of hydrogen-bond acceptors (Lipinski definition) is 4. The first-order valence-corrected chi connectivity index (χ1v) is 9.78. The van der Waals surface area contributed by atoms with E-state index in [0.29, 0.717) is 34.7 Å². The van der Waals surface area contributed by atoms with Crippen LogP contribution in [-0.4, -0.2) is 24.3 Å². The number of hydrogen-bond donors (Lipinski definition) is 3. The summed E-state index contributed by atoms with van der Waals surface area (Å²) in [6, 6.07) is 20.3. The Kier molecular flexibility index (Phi) is 7.01. The molecule has 0 radical (unpaired) electrons. The van der Waals surface area contributed by atoms with Crippen molar-refractivity contribution in [3.63, 3.8) is 0 Å². The monoisotopic (exact) mass is 417 g/mol. The van der Waals surface area contributed by atoms with E-state index in [1.54, 1.807) is 60.7 Å². The second-order valence-corrected chi connectivity index (χ2v) is 6.77. The van der Waals surface area contributed by atoms with E-state index in [9.17, 15) is 14.4 Å². The largest absolute Gasteiger partial charge is 0.494 e. The van der Waals surface area contributed by atoms with Crippen LogP contribution in [0.4, 0.5) is 5.69 Å². The molecule has 0 aliphatic heterocycles. The number of anilines is 1. The van der Waals surface area contributed by atoms with Gasteiger partial charge in [-0.25, -0.2) is 0 Å². The van der Waals surface area contributed by atoms with Crippen LogP contribution >= 0.6 is 0 Å². The van der Waals surface area contributed by atoms with Crippen molar-refractivity contribution in [2.45, 2.75) is 13.8 Å². The van der Waals surface area contributed by atoms with Crippen molar-refractivity contribution in [3.8, 4) is 5.75 Å². The summed E-state index contributed by atoms with van der Waals surface area (Å²) in [7, 11) is 0. The van der Waals surface area contributed by atoms with Crippen LogP contribution in [0.25, 0.3) is 0 Å². The molecular weight excluding hydrogens is 394 g/mol. The lowest BCUT2D eigenvalue weighted by Crippen LogP contribution is -2.41. The Morgan fingerprint density at radius 2 is 1.35 bits per heavy atom. The molecule has 0 atom stereocenters. The Labute approximate surface area is 180 Å². The minimum Gasteiger partial charge on any atom is -0.494 e. The van der Waals surface area contributed by atoms with Gasteiger partial charge >= 0.3 is 0 Å². The average molecular weight is 417 g/mol. The third-order valence-electron chi connectivity index (χ3n) is 4.38. The maximum absolute atomic E-state index is 12.3. The van der Waals surface area contributed by atoms with Gasteiger partial charge in [0.1, 0.15) is 5.75 Å². The summed E-state index contributed by atoms with van der Waals surface area (Å²) in [4.78, 5) is 36.9. The van der Waals surface area contributed by atoms with Gasteiger partial charge in [-0.3, -0.25) is 25.2 Å². The zero-order chi connectivity index (χ0) is 22.2. The Hall–Kier alpha value is -4.13. The number of rotatable bonds is 6. The molecule has 0 aromatic heterocycles. The van der Waals surface area contributed by atoms with Gasteiger partial charge in [-0.1, -0.05) is 23.8 Å². The fraction of sp³-hybridized carbons (Fsp3) is 0.125. The van der Waals surface area contributed by atoms with Crippen LogP contribution in [0, 0.1) is 6.92 Å². The van der Waals surface area contributed by atoms with Gasteiger partial charge in [-0.15, -0.1) is 0 Å². The van der Waals surface area contributed by atoms with Gasteiger partial charge in [-0.05, 0) is 68.4 Å². The van der Waals surface area contributed by atoms with Crippen LogP contribution < -0.4 is 20.9 Å². The van der Waals surface area contributed by atoms with Gasteiger partial charge in [0.05, 0.1) is 6.61 Å². The number of amides is 3. The van der Waals surface area contributed by atoms with Crippen molar-refractivity contribution in [1.82, 2.24) is 10.9 Å². The van der Waals surface area contributed by atoms with E-state index in [1.165, 1.54) is 0 Å². The molecule has 158 valence electrons. The molecular formula is C24H23N3O4. The number of aryl methyl sites for hydroxylation is 1. The normalized spacial score (nSPS) is 10.1. The lowest BCUT2D eigenvalue weighted by molar-refractivity contribution is 0.0846. The molecule has 3 aromatic carbocycles. The molecule has 0 saturated carbocycles. The summed E-state index contributed by atoms with van der Waals surface area (Å²) in [5.41, 5.74) is 7.54. The summed E-state index contributed by atoms with van der Waals surface area (Å²) in [5.74, 6) is -0.602. The van der Waals surface area contributed by atoms with Crippen molar-refractivity contribution in [1.29, 1.82) is 0 Å². The van der Waals surface area contributed by atoms with Crippen molar-refractivity contribution in [3.05, 3.63) is 95.1 Å². The lowest BCUT2D eigenvalue weighted by atomic mass is 10.1. The standard InChI is InChI=1S/C24H23N3O4/c1-3-31-21-9-5-8-19(15-21)24(30)27-26-23(29)17-10-12-20(13-11-17)25-22(28)18-7-4-6-16(2)14-18/h4-15H,3H2,1-2H3,(H,25,28)(H,26,29)(H,27,30). The van der Waals surface area contributed by atoms with Crippen LogP contribution in [0.3, 0.4) is 0 Å². The van der Waals surface area contributed by atoms with Crippen LogP contribution in [0.2, 0.25) is 0 Å². The van der Waals surface area contributed by atoms with Crippen LogP contribution in [0.1, 0.15) is 43.6 Å². The summed E-state index contributed by atoms with van der Waals surface area (Å²) < 4.78 is 5.37. The second-order valence-electron chi connectivity index (χ2n) is 6.77. The first-order valence-electron chi connectivity index (χ1n) is 9.78. The maximum Gasteiger partial charge on any atom is 0.269 e. The van der Waals surface area contributed by atoms with E-state index in [-0.39, 0.29) is 5.91 Å². The third kappa shape index (κ3) is 5.93. The van der Waals surface area contributed by atoms with E-state index in [0.717, 1.165) is 5.56 Å². The SMILES string of the molecule is CCOc1cccc(C(=O)NNC(=O)c2ccc(NC(=O)c3cccc(C)c3)cc2)c1. The number of ether oxygens (including phenoxy) is 1. The van der Waals surface area contributed by atoms with Crippen LogP contribution in [0.5, 0.6) is 5.75 Å². The topological polar surface area (TPSA) is 96.5 Å². The molecule has 0 saturated heterocycles. The molecule has 0 bridgehead atoms. The Morgan fingerprint density at radius 3 is 2.00 bits per heavy atom. The van der Waals surface area contributed by atoms with Crippen molar-refractivity contribution >= 4 is 23.4 Å². The summed E-state index contributed by atoms with van der Waals surface area (Å²) in [6.07, 6.45) is 0. The first-order chi connectivity index (χ1) is 15.0. The van der Waals surface area contributed by atoms with Gasteiger partial charge in [0.25, 0.3) is 17.7 Å². The Morgan fingerprint density at radius 1 is 0.742 bits per heavy atom. The average Bonchev–Trinajstić information content (AvgIpc) is 2.78. The molecule has 0 aliphatic carbocycles. The fourth-order valence-electron chi connectivity index (χ4n) is 2.85. The molecule has 0 aliphatic rings. The van der Waals surface area contributed by atoms with Crippen molar-refractivity contribution < 1.29 is 19.1 Å². The molecule has 3 amide bonds. The molecule has 0 heterocycles. The van der Waals surface area contributed by atoms with Crippen molar-refractivity contribution in [2.24, 2.45) is 0 Å². The highest BCUT2D eigenvalue weighted by Gasteiger charge is 2.11. The second kappa shape index (κ2) is 10.1. The lowest BCUT2D eigenvalue weighted by Gasteiger charge is -2.10. The van der Waals surface area contributed by atoms with Gasteiger partial charge in [0.15, 0.2) is 0 Å². The highest BCUT2D eigenvalue weighted by Crippen LogP contribution is 2.14. The maximum atomic E-state index is 12.3. The van der Waals surface area contributed by atoms with E-state index >= 15 is 0 Å². The minimum atomic E-state index is -0.481. The predicted molar refractivity (Wildman–Crippen MR) is 118 cm³/mol. The van der Waals surface area contributed by atoms with Gasteiger partial charge in [0, 0.05) is 22.4 Å². The molecule has 0 spiro atoms. The predicted octanol–water partition coefficient (Wildman–Crippen LogP) is 3.72. The van der Waals surface area contributed by atoms with Crippen LogP contribution in [-0.2, 0) is 0 Å². The zero-order valence-corrected chi connectivity index (χ0v) is 17.3. The smallest absolute Gasteiger partial charge is 0.269 e. The number of carbonyl (C=O) groups excluding carboxylic acids is 3. The Balaban J connectivity index is 1.56. The van der Waals surface area contributed by atoms with E-state index in [1.807, 2.05) is 26.0 Å². The molecule has 31 heavy (non-hydrogen) atoms. The molecule has 7 heteroatoms. The first kappa shape index (κ1) is 21.6. The third-order valence-corrected chi connectivity index (χ3v) is 4.38. The molecule has 7 nitrogen and oxygen atoms in total.